The fraction of sp³-hybridized carbons (Fsp3) is 0. The molecule has 0 fully saturated rings. The van der Waals surface area contributed by atoms with E-state index in [0.29, 0.717) is 0 Å². The van der Waals surface area contributed by atoms with Gasteiger partial charge >= 0.3 is 0 Å². The summed E-state index contributed by atoms with van der Waals surface area (Å²) in [7, 11) is 0. The number of nitrogens with zero attached hydrogens (tertiary/aromatic N) is 2. The van der Waals surface area contributed by atoms with Crippen molar-refractivity contribution in [3.05, 3.63) is 206 Å². The SMILES string of the molecule is c1ccc(-n2c3ccccc3c3cc(N(c4ccc5c6ccccc6c6ccccc6c5c4)c4ccc5c6ccccc6c6ccccc6c5c4)ccc32)cc1. The van der Waals surface area contributed by atoms with E-state index >= 15 is 0 Å². The molecule has 2 nitrogen and oxygen atoms in total. The van der Waals surface area contributed by atoms with Crippen LogP contribution in [-0.4, -0.2) is 4.57 Å². The molecule has 0 amide bonds. The molecule has 1 aromatic heterocycles. The monoisotopic (exact) mass is 710 g/mol. The van der Waals surface area contributed by atoms with Gasteiger partial charge in [0, 0.05) is 33.5 Å². The van der Waals surface area contributed by atoms with Crippen LogP contribution in [0.15, 0.2) is 206 Å². The van der Waals surface area contributed by atoms with Gasteiger partial charge in [-0.3, -0.25) is 0 Å². The average Bonchev–Trinajstić information content (AvgIpc) is 3.61. The van der Waals surface area contributed by atoms with Gasteiger partial charge in [0.1, 0.15) is 0 Å². The summed E-state index contributed by atoms with van der Waals surface area (Å²) >= 11 is 0. The lowest BCUT2D eigenvalue weighted by Gasteiger charge is -2.27. The summed E-state index contributed by atoms with van der Waals surface area (Å²) in [6.45, 7) is 0. The zero-order chi connectivity index (χ0) is 36.7. The van der Waals surface area contributed by atoms with Gasteiger partial charge < -0.3 is 9.47 Å². The van der Waals surface area contributed by atoms with E-state index in [1.807, 2.05) is 0 Å². The van der Waals surface area contributed by atoms with Crippen LogP contribution in [-0.2, 0) is 0 Å². The standard InChI is InChI=1S/C54H34N2/c1-2-14-35(15-3-1)56-53-25-13-12-24-49(53)52-34-38(28-31-54(52)56)55(36-26-29-47-43-20-6-4-16-39(43)41-18-8-10-22-45(41)50(47)32-36)37-27-30-48-44-21-7-5-17-40(44)42-19-9-11-23-46(42)51(48)33-37/h1-34H. The lowest BCUT2D eigenvalue weighted by Crippen LogP contribution is -2.10. The second-order valence-electron chi connectivity index (χ2n) is 14.9. The molecule has 0 radical (unpaired) electrons. The Balaban J connectivity index is 1.17. The first kappa shape index (κ1) is 31.0. The number of benzene rings is 11. The van der Waals surface area contributed by atoms with Crippen molar-refractivity contribution in [3.8, 4) is 5.69 Å². The van der Waals surface area contributed by atoms with Gasteiger partial charge in [-0.1, -0.05) is 146 Å². The second kappa shape index (κ2) is 12.0. The van der Waals surface area contributed by atoms with E-state index in [1.54, 1.807) is 0 Å². The van der Waals surface area contributed by atoms with Gasteiger partial charge in [-0.15, -0.1) is 0 Å². The molecular formula is C54H34N2. The molecule has 1 heterocycles. The summed E-state index contributed by atoms with van der Waals surface area (Å²) in [4.78, 5) is 2.46. The van der Waals surface area contributed by atoms with Gasteiger partial charge in [0.05, 0.1) is 11.0 Å². The van der Waals surface area contributed by atoms with Crippen molar-refractivity contribution in [1.29, 1.82) is 0 Å². The third-order valence-electron chi connectivity index (χ3n) is 11.9. The number of hydrogen-bond donors (Lipinski definition) is 0. The highest BCUT2D eigenvalue weighted by Gasteiger charge is 2.20. The largest absolute Gasteiger partial charge is 0.310 e. The Morgan fingerprint density at radius 2 is 0.554 bits per heavy atom. The van der Waals surface area contributed by atoms with Crippen LogP contribution in [0.1, 0.15) is 0 Å². The Morgan fingerprint density at radius 1 is 0.232 bits per heavy atom. The van der Waals surface area contributed by atoms with Gasteiger partial charge in [-0.2, -0.15) is 0 Å². The van der Waals surface area contributed by atoms with Gasteiger partial charge in [-0.05, 0) is 125 Å². The molecule has 0 bridgehead atoms. The Hall–Kier alpha value is -7.42. The number of hydrogen-bond acceptors (Lipinski definition) is 1. The normalized spacial score (nSPS) is 11.9. The fourth-order valence-corrected chi connectivity index (χ4v) is 9.47. The van der Waals surface area contributed by atoms with Gasteiger partial charge in [0.2, 0.25) is 0 Å². The third kappa shape index (κ3) is 4.50. The van der Waals surface area contributed by atoms with E-state index in [-0.39, 0.29) is 0 Å². The molecule has 2 heteroatoms. The minimum Gasteiger partial charge on any atom is -0.310 e. The van der Waals surface area contributed by atoms with E-state index in [1.165, 1.54) is 86.4 Å². The molecule has 0 aliphatic rings. The molecule has 12 rings (SSSR count). The van der Waals surface area contributed by atoms with E-state index in [9.17, 15) is 0 Å². The van der Waals surface area contributed by atoms with Crippen molar-refractivity contribution in [2.24, 2.45) is 0 Å². The second-order valence-corrected chi connectivity index (χ2v) is 14.9. The van der Waals surface area contributed by atoms with Crippen LogP contribution in [0.25, 0.3) is 92.1 Å². The number of para-hydroxylation sites is 2. The number of aromatic nitrogens is 1. The molecule has 0 atom stereocenters. The Labute approximate surface area is 323 Å². The van der Waals surface area contributed by atoms with Crippen molar-refractivity contribution >= 4 is 104 Å². The van der Waals surface area contributed by atoms with E-state index in [2.05, 4.69) is 216 Å². The first-order valence-corrected chi connectivity index (χ1v) is 19.4. The van der Waals surface area contributed by atoms with Crippen molar-refractivity contribution in [1.82, 2.24) is 4.57 Å². The Kier molecular flexibility index (Phi) is 6.66. The van der Waals surface area contributed by atoms with Crippen LogP contribution in [0.5, 0.6) is 0 Å². The average molecular weight is 711 g/mol. The minimum absolute atomic E-state index is 1.11. The molecule has 12 aromatic rings. The maximum atomic E-state index is 2.46. The Bertz CT molecular complexity index is 3310. The topological polar surface area (TPSA) is 8.17 Å². The molecule has 56 heavy (non-hydrogen) atoms. The van der Waals surface area contributed by atoms with Crippen LogP contribution in [0.3, 0.4) is 0 Å². The van der Waals surface area contributed by atoms with Gasteiger partial charge in [0.25, 0.3) is 0 Å². The molecule has 0 aliphatic heterocycles. The smallest absolute Gasteiger partial charge is 0.0542 e. The Morgan fingerprint density at radius 3 is 1.02 bits per heavy atom. The molecule has 0 saturated heterocycles. The predicted octanol–water partition coefficient (Wildman–Crippen LogP) is 15.2. The summed E-state index contributed by atoms with van der Waals surface area (Å²) in [6, 6.07) is 75.9. The van der Waals surface area contributed by atoms with Crippen LogP contribution in [0.4, 0.5) is 17.1 Å². The van der Waals surface area contributed by atoms with Crippen LogP contribution < -0.4 is 4.90 Å². The van der Waals surface area contributed by atoms with E-state index in [0.717, 1.165) is 22.7 Å². The predicted molar refractivity (Wildman–Crippen MR) is 240 cm³/mol. The van der Waals surface area contributed by atoms with Crippen LogP contribution >= 0.6 is 0 Å². The molecule has 0 spiro atoms. The molecular weight excluding hydrogens is 677 g/mol. The molecule has 0 unspecified atom stereocenters. The first-order chi connectivity index (χ1) is 27.8. The highest BCUT2D eigenvalue weighted by atomic mass is 15.1. The van der Waals surface area contributed by atoms with Crippen LogP contribution in [0, 0.1) is 0 Å². The molecule has 0 aliphatic carbocycles. The minimum atomic E-state index is 1.11. The van der Waals surface area contributed by atoms with Crippen molar-refractivity contribution in [3.63, 3.8) is 0 Å². The van der Waals surface area contributed by atoms with Gasteiger partial charge in [-0.25, -0.2) is 0 Å². The summed E-state index contributed by atoms with van der Waals surface area (Å²) in [5.41, 5.74) is 6.90. The maximum Gasteiger partial charge on any atom is 0.0542 e. The van der Waals surface area contributed by atoms with E-state index < -0.39 is 0 Å². The summed E-state index contributed by atoms with van der Waals surface area (Å²) in [6.07, 6.45) is 0. The summed E-state index contributed by atoms with van der Waals surface area (Å²) in [5.74, 6) is 0. The number of rotatable bonds is 4. The zero-order valence-electron chi connectivity index (χ0n) is 30.5. The molecule has 0 N–H and O–H groups in total. The summed E-state index contributed by atoms with van der Waals surface area (Å²) in [5, 5.41) is 17.7. The molecule has 0 saturated carbocycles. The van der Waals surface area contributed by atoms with Crippen molar-refractivity contribution < 1.29 is 0 Å². The third-order valence-corrected chi connectivity index (χ3v) is 11.9. The lowest BCUT2D eigenvalue weighted by molar-refractivity contribution is 1.18. The highest BCUT2D eigenvalue weighted by molar-refractivity contribution is 6.27. The number of anilines is 3. The fourth-order valence-electron chi connectivity index (χ4n) is 9.47. The van der Waals surface area contributed by atoms with Crippen LogP contribution in [0.2, 0.25) is 0 Å². The zero-order valence-corrected chi connectivity index (χ0v) is 30.5. The molecule has 260 valence electrons. The first-order valence-electron chi connectivity index (χ1n) is 19.4. The molecule has 11 aromatic carbocycles. The quantitative estimate of drug-likeness (QED) is 0.165. The highest BCUT2D eigenvalue weighted by Crippen LogP contribution is 2.45. The maximum absolute atomic E-state index is 2.46. The van der Waals surface area contributed by atoms with Gasteiger partial charge in [0.15, 0.2) is 0 Å². The van der Waals surface area contributed by atoms with Crippen molar-refractivity contribution in [2.75, 3.05) is 4.90 Å². The van der Waals surface area contributed by atoms with E-state index in [4.69, 9.17) is 0 Å². The number of fused-ring (bicyclic) bond motifs is 15. The summed E-state index contributed by atoms with van der Waals surface area (Å²) < 4.78 is 2.39. The van der Waals surface area contributed by atoms with Crippen molar-refractivity contribution in [2.45, 2.75) is 0 Å². The lowest BCUT2D eigenvalue weighted by atomic mass is 9.93.